The van der Waals surface area contributed by atoms with Crippen LogP contribution >= 0.6 is 0 Å². The largest absolute Gasteiger partial charge is 0.454 e. The third-order valence-corrected chi connectivity index (χ3v) is 5.85. The molecule has 3 amide bonds. The fourth-order valence-electron chi connectivity index (χ4n) is 4.29. The predicted molar refractivity (Wildman–Crippen MR) is 115 cm³/mol. The van der Waals surface area contributed by atoms with Crippen molar-refractivity contribution < 1.29 is 33.6 Å². The lowest BCUT2D eigenvalue weighted by atomic mass is 9.95. The van der Waals surface area contributed by atoms with Gasteiger partial charge in [-0.25, -0.2) is 4.79 Å². The van der Waals surface area contributed by atoms with E-state index in [1.54, 1.807) is 23.1 Å². The molecule has 2 fully saturated rings. The average molecular weight is 450 g/mol. The van der Waals surface area contributed by atoms with Crippen molar-refractivity contribution in [3.63, 3.8) is 0 Å². The Labute approximate surface area is 187 Å². The lowest BCUT2D eigenvalue weighted by molar-refractivity contribution is -0.149. The summed E-state index contributed by atoms with van der Waals surface area (Å²) < 4.78 is 22.5. The van der Waals surface area contributed by atoms with E-state index in [0.29, 0.717) is 36.6 Å². The second-order valence-corrected chi connectivity index (χ2v) is 8.34. The molecule has 3 aliphatic rings. The van der Waals surface area contributed by atoms with E-state index in [4.69, 9.17) is 18.9 Å². The van der Waals surface area contributed by atoms with Gasteiger partial charge in [-0.1, -0.05) is 6.92 Å². The van der Waals surface area contributed by atoms with E-state index in [9.17, 15) is 14.7 Å². The van der Waals surface area contributed by atoms with Crippen LogP contribution in [0.4, 0.5) is 10.5 Å². The molecule has 176 valence electrons. The van der Waals surface area contributed by atoms with Gasteiger partial charge in [0.15, 0.2) is 11.5 Å². The highest BCUT2D eigenvalue weighted by atomic mass is 16.7. The molecular formula is C22H31N3O7. The number of carbonyl (C=O) groups excluding carboxylic acids is 2. The number of amides is 3. The summed E-state index contributed by atoms with van der Waals surface area (Å²) in [6, 6.07) is 4.60. The van der Waals surface area contributed by atoms with Gasteiger partial charge in [0, 0.05) is 18.3 Å². The molecule has 0 spiro atoms. The van der Waals surface area contributed by atoms with Crippen LogP contribution in [0.5, 0.6) is 11.5 Å². The molecule has 1 aromatic rings. The molecule has 4 atom stereocenters. The van der Waals surface area contributed by atoms with Crippen molar-refractivity contribution in [3.8, 4) is 11.5 Å². The van der Waals surface area contributed by atoms with Crippen LogP contribution in [0.25, 0.3) is 0 Å². The van der Waals surface area contributed by atoms with E-state index in [0.717, 1.165) is 6.42 Å². The van der Waals surface area contributed by atoms with Crippen molar-refractivity contribution >= 4 is 17.6 Å². The Kier molecular flexibility index (Phi) is 7.33. The van der Waals surface area contributed by atoms with Gasteiger partial charge >= 0.3 is 6.03 Å². The smallest absolute Gasteiger partial charge is 0.322 e. The molecule has 0 unspecified atom stereocenters. The molecule has 2 saturated heterocycles. The topological polar surface area (TPSA) is 119 Å². The molecule has 4 rings (SSSR count). The summed E-state index contributed by atoms with van der Waals surface area (Å²) in [5.74, 6) is 1.18. The molecule has 0 aromatic heterocycles. The molecule has 0 bridgehead atoms. The Balaban J connectivity index is 1.42. The average Bonchev–Trinajstić information content (AvgIpc) is 3.23. The van der Waals surface area contributed by atoms with E-state index in [1.807, 2.05) is 6.92 Å². The summed E-state index contributed by atoms with van der Waals surface area (Å²) >= 11 is 0. The summed E-state index contributed by atoms with van der Waals surface area (Å²) in [7, 11) is 0. The molecule has 10 heteroatoms. The molecule has 3 aliphatic heterocycles. The first-order chi connectivity index (χ1) is 15.5. The van der Waals surface area contributed by atoms with Crippen molar-refractivity contribution in [3.05, 3.63) is 18.2 Å². The number of nitrogens with one attached hydrogen (secondary N) is 2. The summed E-state index contributed by atoms with van der Waals surface area (Å²) in [5, 5.41) is 16.1. The summed E-state index contributed by atoms with van der Waals surface area (Å²) in [6.45, 7) is 3.30. The predicted octanol–water partition coefficient (Wildman–Crippen LogP) is 1.47. The number of nitrogens with zero attached hydrogens (tertiary/aromatic N) is 1. The fourth-order valence-corrected chi connectivity index (χ4v) is 4.29. The summed E-state index contributed by atoms with van der Waals surface area (Å²) in [6.07, 6.45) is 1.07. The molecule has 32 heavy (non-hydrogen) atoms. The summed E-state index contributed by atoms with van der Waals surface area (Å²) in [5.41, 5.74) is 0.575. The van der Waals surface area contributed by atoms with Crippen LogP contribution in [0.2, 0.25) is 0 Å². The molecule has 0 aliphatic carbocycles. The quantitative estimate of drug-likeness (QED) is 0.623. The van der Waals surface area contributed by atoms with E-state index >= 15 is 0 Å². The Morgan fingerprint density at radius 2 is 2.03 bits per heavy atom. The van der Waals surface area contributed by atoms with Crippen LogP contribution < -0.4 is 20.1 Å². The maximum atomic E-state index is 13.2. The van der Waals surface area contributed by atoms with Gasteiger partial charge in [0.2, 0.25) is 12.7 Å². The number of ether oxygens (including phenoxy) is 4. The highest BCUT2D eigenvalue weighted by molar-refractivity contribution is 5.90. The number of hydrogen-bond donors (Lipinski definition) is 3. The van der Waals surface area contributed by atoms with Gasteiger partial charge in [0.05, 0.1) is 44.4 Å². The Bertz CT molecular complexity index is 821. The van der Waals surface area contributed by atoms with Crippen LogP contribution in [0.1, 0.15) is 32.6 Å². The van der Waals surface area contributed by atoms with Crippen LogP contribution in [0.3, 0.4) is 0 Å². The van der Waals surface area contributed by atoms with E-state index < -0.39 is 6.10 Å². The number of aliphatic hydroxyl groups is 1. The van der Waals surface area contributed by atoms with Gasteiger partial charge in [-0.15, -0.1) is 0 Å². The second-order valence-electron chi connectivity index (χ2n) is 8.34. The summed E-state index contributed by atoms with van der Waals surface area (Å²) in [4.78, 5) is 26.9. The number of fused-ring (bicyclic) bond motifs is 2. The number of β-amino-alcohol motifs (C(OH)–C–C–N with tert-alkyl or cyclic N) is 1. The number of hydrogen-bond acceptors (Lipinski definition) is 7. The van der Waals surface area contributed by atoms with Crippen molar-refractivity contribution in [2.75, 3.05) is 38.4 Å². The molecule has 0 radical (unpaired) electrons. The van der Waals surface area contributed by atoms with Gasteiger partial charge in [-0.05, 0) is 31.4 Å². The number of rotatable bonds is 5. The van der Waals surface area contributed by atoms with Gasteiger partial charge in [0.1, 0.15) is 6.10 Å². The Morgan fingerprint density at radius 1 is 1.19 bits per heavy atom. The van der Waals surface area contributed by atoms with Gasteiger partial charge in [0.25, 0.3) is 0 Å². The molecule has 1 aromatic carbocycles. The minimum atomic E-state index is -0.795. The fraction of sp³-hybridized carbons (Fsp3) is 0.636. The zero-order chi connectivity index (χ0) is 22.5. The second kappa shape index (κ2) is 10.4. The third-order valence-electron chi connectivity index (χ3n) is 5.85. The first-order valence-corrected chi connectivity index (χ1v) is 11.2. The Hall–Kier alpha value is -2.56. The van der Waals surface area contributed by atoms with Crippen LogP contribution in [0, 0.1) is 0 Å². The molecule has 3 N–H and O–H groups in total. The monoisotopic (exact) mass is 449 g/mol. The highest BCUT2D eigenvalue weighted by Gasteiger charge is 2.40. The zero-order valence-corrected chi connectivity index (χ0v) is 18.2. The van der Waals surface area contributed by atoms with Crippen LogP contribution in [-0.2, 0) is 14.3 Å². The van der Waals surface area contributed by atoms with Crippen molar-refractivity contribution in [2.24, 2.45) is 0 Å². The van der Waals surface area contributed by atoms with Gasteiger partial charge < -0.3 is 39.6 Å². The first kappa shape index (κ1) is 22.6. The minimum Gasteiger partial charge on any atom is -0.454 e. The number of anilines is 1. The van der Waals surface area contributed by atoms with Crippen molar-refractivity contribution in [1.82, 2.24) is 10.2 Å². The molecular weight excluding hydrogens is 418 g/mol. The number of benzene rings is 1. The molecule has 0 saturated carbocycles. The highest BCUT2D eigenvalue weighted by Crippen LogP contribution is 2.34. The minimum absolute atomic E-state index is 0.0325. The van der Waals surface area contributed by atoms with Crippen LogP contribution in [-0.4, -0.2) is 79.4 Å². The lowest BCUT2D eigenvalue weighted by Gasteiger charge is -2.44. The van der Waals surface area contributed by atoms with Gasteiger partial charge in [-0.3, -0.25) is 4.79 Å². The first-order valence-electron chi connectivity index (χ1n) is 11.2. The van der Waals surface area contributed by atoms with E-state index in [-0.39, 0.29) is 63.2 Å². The number of aliphatic hydroxyl groups excluding tert-OH is 1. The Morgan fingerprint density at radius 3 is 2.88 bits per heavy atom. The van der Waals surface area contributed by atoms with Crippen molar-refractivity contribution in [1.29, 1.82) is 0 Å². The van der Waals surface area contributed by atoms with E-state index in [2.05, 4.69) is 10.6 Å². The van der Waals surface area contributed by atoms with Gasteiger partial charge in [-0.2, -0.15) is 0 Å². The van der Waals surface area contributed by atoms with Crippen LogP contribution in [0.15, 0.2) is 18.2 Å². The van der Waals surface area contributed by atoms with Crippen molar-refractivity contribution in [2.45, 2.75) is 57.0 Å². The number of urea groups is 1. The maximum absolute atomic E-state index is 13.2. The maximum Gasteiger partial charge on any atom is 0.322 e. The van der Waals surface area contributed by atoms with E-state index in [1.165, 1.54) is 0 Å². The standard InChI is InChI=1S/C22H31N3O7/c1-2-7-23-21(27)9-16-4-5-17-20(32-16)12-29-11-15(26)10-25(17)22(28)24-14-3-6-18-19(8-14)31-13-30-18/h3,6,8,15-17,20,26H,2,4-5,7,9-13H2,1H3,(H,23,27)(H,24,28)/t15-,16+,17-,20+/m0/s1. The normalized spacial score (nSPS) is 27.1. The number of carbonyl (C=O) groups is 2. The SMILES string of the molecule is CCCNC(=O)C[C@H]1CC[C@H]2[C@@H](COC[C@@H](O)CN2C(=O)Nc2ccc3c(c2)OCO3)O1. The third kappa shape index (κ3) is 5.43. The zero-order valence-electron chi connectivity index (χ0n) is 18.2. The molecule has 10 nitrogen and oxygen atoms in total. The molecule has 3 heterocycles. The lowest BCUT2D eigenvalue weighted by Crippen LogP contribution is -2.58.